The first kappa shape index (κ1) is 8.26. The number of benzene rings is 1. The lowest BCUT2D eigenvalue weighted by molar-refractivity contribution is 0.0695. The Morgan fingerprint density at radius 2 is 2.17 bits per heavy atom. The van der Waals surface area contributed by atoms with Crippen LogP contribution in [0.1, 0.15) is 20.7 Å². The molecular weight excluding hydrogens is 158 g/mol. The number of anilines is 1. The molecule has 0 fully saturated rings. The number of nitrogen functional groups attached to an aromatic ring is 1. The van der Waals surface area contributed by atoms with E-state index < -0.39 is 5.97 Å². The third-order valence-corrected chi connectivity index (χ3v) is 1.47. The Kier molecular flexibility index (Phi) is 2.09. The summed E-state index contributed by atoms with van der Waals surface area (Å²) in [6, 6.07) is 4.38. The molecule has 0 radical (unpaired) electrons. The number of carbonyl (C=O) groups excluding carboxylic acids is 1. The predicted molar refractivity (Wildman–Crippen MR) is 43.2 cm³/mol. The number of hydrogen-bond donors (Lipinski definition) is 2. The van der Waals surface area contributed by atoms with E-state index in [2.05, 4.69) is 0 Å². The minimum atomic E-state index is -1.18. The summed E-state index contributed by atoms with van der Waals surface area (Å²) in [5.41, 5.74) is 5.43. The molecule has 1 aromatic rings. The Morgan fingerprint density at radius 3 is 2.58 bits per heavy atom. The predicted octanol–water partition coefficient (Wildman–Crippen LogP) is 0.780. The third kappa shape index (κ3) is 1.27. The van der Waals surface area contributed by atoms with Gasteiger partial charge in [-0.1, -0.05) is 12.1 Å². The Morgan fingerprint density at radius 1 is 1.50 bits per heavy atom. The Bertz CT molecular complexity index is 333. The van der Waals surface area contributed by atoms with Crippen molar-refractivity contribution in [1.82, 2.24) is 0 Å². The van der Waals surface area contributed by atoms with Crippen molar-refractivity contribution in [3.63, 3.8) is 0 Å². The lowest BCUT2D eigenvalue weighted by Gasteiger charge is -2.01. The fourth-order valence-corrected chi connectivity index (χ4v) is 0.934. The van der Waals surface area contributed by atoms with Gasteiger partial charge in [-0.2, -0.15) is 0 Å². The highest BCUT2D eigenvalue weighted by Gasteiger charge is 2.11. The Labute approximate surface area is 68.6 Å². The molecule has 0 aliphatic rings. The quantitative estimate of drug-likeness (QED) is 0.501. The summed E-state index contributed by atoms with van der Waals surface area (Å²) in [4.78, 5) is 20.9. The lowest BCUT2D eigenvalue weighted by atomic mass is 10.1. The first-order chi connectivity index (χ1) is 5.66. The topological polar surface area (TPSA) is 80.4 Å². The number of carboxylic acid groups (broad SMARTS) is 1. The number of aromatic carboxylic acids is 1. The van der Waals surface area contributed by atoms with Gasteiger partial charge in [0.15, 0.2) is 6.29 Å². The number of aldehydes is 1. The zero-order valence-electron chi connectivity index (χ0n) is 6.15. The highest BCUT2D eigenvalue weighted by atomic mass is 16.4. The average molecular weight is 165 g/mol. The molecule has 4 nitrogen and oxygen atoms in total. The van der Waals surface area contributed by atoms with Gasteiger partial charge < -0.3 is 10.8 Å². The van der Waals surface area contributed by atoms with Crippen molar-refractivity contribution in [2.45, 2.75) is 0 Å². The third-order valence-electron chi connectivity index (χ3n) is 1.47. The maximum Gasteiger partial charge on any atom is 0.338 e. The van der Waals surface area contributed by atoms with E-state index in [0.717, 1.165) is 0 Å². The molecule has 0 aliphatic heterocycles. The van der Waals surface area contributed by atoms with Crippen LogP contribution in [0.4, 0.5) is 5.69 Å². The van der Waals surface area contributed by atoms with E-state index in [1.807, 2.05) is 0 Å². The van der Waals surface area contributed by atoms with Crippen molar-refractivity contribution in [3.05, 3.63) is 29.3 Å². The molecule has 4 heteroatoms. The Balaban J connectivity index is 3.39. The zero-order valence-corrected chi connectivity index (χ0v) is 6.15. The lowest BCUT2D eigenvalue weighted by Crippen LogP contribution is -2.06. The first-order valence-electron chi connectivity index (χ1n) is 3.23. The van der Waals surface area contributed by atoms with E-state index in [9.17, 15) is 9.59 Å². The molecule has 62 valence electrons. The van der Waals surface area contributed by atoms with E-state index in [0.29, 0.717) is 6.29 Å². The summed E-state index contributed by atoms with van der Waals surface area (Å²) < 4.78 is 0. The van der Waals surface area contributed by atoms with Crippen LogP contribution in [0.5, 0.6) is 0 Å². The van der Waals surface area contributed by atoms with E-state index in [1.165, 1.54) is 18.2 Å². The normalized spacial score (nSPS) is 9.33. The highest BCUT2D eigenvalue weighted by Crippen LogP contribution is 2.14. The van der Waals surface area contributed by atoms with Gasteiger partial charge in [0, 0.05) is 11.3 Å². The van der Waals surface area contributed by atoms with Gasteiger partial charge >= 0.3 is 5.97 Å². The first-order valence-corrected chi connectivity index (χ1v) is 3.23. The molecule has 1 aromatic carbocycles. The minimum Gasteiger partial charge on any atom is -0.478 e. The molecule has 0 unspecified atom stereocenters. The SMILES string of the molecule is Nc1cccc(C=O)c1C(=O)O. The molecule has 0 atom stereocenters. The number of rotatable bonds is 2. The van der Waals surface area contributed by atoms with Gasteiger partial charge in [0.25, 0.3) is 0 Å². The second kappa shape index (κ2) is 3.04. The molecule has 0 heterocycles. The highest BCUT2D eigenvalue weighted by molar-refractivity contribution is 6.01. The van der Waals surface area contributed by atoms with Crippen LogP contribution in [0.25, 0.3) is 0 Å². The van der Waals surface area contributed by atoms with Crippen molar-refractivity contribution >= 4 is 17.9 Å². The second-order valence-electron chi connectivity index (χ2n) is 2.23. The van der Waals surface area contributed by atoms with Crippen LogP contribution in [-0.2, 0) is 0 Å². The average Bonchev–Trinajstić information content (AvgIpc) is 2.03. The fraction of sp³-hybridized carbons (Fsp3) is 0. The van der Waals surface area contributed by atoms with Gasteiger partial charge in [0.05, 0.1) is 5.56 Å². The van der Waals surface area contributed by atoms with Crippen LogP contribution >= 0.6 is 0 Å². The van der Waals surface area contributed by atoms with Crippen LogP contribution in [0.3, 0.4) is 0 Å². The molecule has 0 bridgehead atoms. The number of nitrogens with two attached hydrogens (primary N) is 1. The van der Waals surface area contributed by atoms with Gasteiger partial charge in [-0.25, -0.2) is 4.79 Å². The maximum absolute atomic E-state index is 10.6. The summed E-state index contributed by atoms with van der Waals surface area (Å²) in [7, 11) is 0. The van der Waals surface area contributed by atoms with E-state index >= 15 is 0 Å². The maximum atomic E-state index is 10.6. The second-order valence-corrected chi connectivity index (χ2v) is 2.23. The number of hydrogen-bond acceptors (Lipinski definition) is 3. The molecule has 12 heavy (non-hydrogen) atoms. The summed E-state index contributed by atoms with van der Waals surface area (Å²) in [6.07, 6.45) is 0.472. The standard InChI is InChI=1S/C8H7NO3/c9-6-3-1-2-5(4-10)7(6)8(11)12/h1-4H,9H2,(H,11,12). The fourth-order valence-electron chi connectivity index (χ4n) is 0.934. The molecule has 0 spiro atoms. The molecule has 0 aliphatic carbocycles. The summed E-state index contributed by atoms with van der Waals surface area (Å²) in [5.74, 6) is -1.18. The molecular formula is C8H7NO3. The Hall–Kier alpha value is -1.84. The van der Waals surface area contributed by atoms with E-state index in [4.69, 9.17) is 10.8 Å². The summed E-state index contributed by atoms with van der Waals surface area (Å²) in [5, 5.41) is 8.64. The smallest absolute Gasteiger partial charge is 0.338 e. The van der Waals surface area contributed by atoms with Crippen LogP contribution < -0.4 is 5.73 Å². The van der Waals surface area contributed by atoms with Gasteiger partial charge in [-0.3, -0.25) is 4.79 Å². The zero-order chi connectivity index (χ0) is 9.14. The van der Waals surface area contributed by atoms with Gasteiger partial charge in [0.1, 0.15) is 0 Å². The van der Waals surface area contributed by atoms with Crippen LogP contribution in [0.15, 0.2) is 18.2 Å². The van der Waals surface area contributed by atoms with Crippen molar-refractivity contribution in [1.29, 1.82) is 0 Å². The van der Waals surface area contributed by atoms with Crippen molar-refractivity contribution < 1.29 is 14.7 Å². The summed E-state index contributed by atoms with van der Waals surface area (Å²) >= 11 is 0. The van der Waals surface area contributed by atoms with Crippen LogP contribution in [0.2, 0.25) is 0 Å². The molecule has 3 N–H and O–H groups in total. The van der Waals surface area contributed by atoms with E-state index in [-0.39, 0.29) is 16.8 Å². The molecule has 0 saturated heterocycles. The number of carbonyl (C=O) groups is 2. The van der Waals surface area contributed by atoms with Crippen molar-refractivity contribution in [2.24, 2.45) is 0 Å². The van der Waals surface area contributed by atoms with E-state index in [1.54, 1.807) is 0 Å². The molecule has 0 aromatic heterocycles. The minimum absolute atomic E-state index is 0.0995. The van der Waals surface area contributed by atoms with Crippen molar-refractivity contribution in [2.75, 3.05) is 5.73 Å². The van der Waals surface area contributed by atoms with Crippen LogP contribution in [-0.4, -0.2) is 17.4 Å². The number of carboxylic acids is 1. The monoisotopic (exact) mass is 165 g/mol. The van der Waals surface area contributed by atoms with Gasteiger partial charge in [-0.15, -0.1) is 0 Å². The van der Waals surface area contributed by atoms with Gasteiger partial charge in [0.2, 0.25) is 0 Å². The van der Waals surface area contributed by atoms with Crippen molar-refractivity contribution in [3.8, 4) is 0 Å². The molecule has 1 rings (SSSR count). The summed E-state index contributed by atoms with van der Waals surface area (Å²) in [6.45, 7) is 0. The molecule has 0 amide bonds. The van der Waals surface area contributed by atoms with Crippen LogP contribution in [0, 0.1) is 0 Å². The largest absolute Gasteiger partial charge is 0.478 e. The van der Waals surface area contributed by atoms with Gasteiger partial charge in [-0.05, 0) is 6.07 Å². The molecule has 0 saturated carbocycles.